The van der Waals surface area contributed by atoms with Gasteiger partial charge in [0.05, 0.1) is 17.0 Å². The zero-order chi connectivity index (χ0) is 27.6. The molecule has 2 aromatic carbocycles. The third-order valence-electron chi connectivity index (χ3n) is 7.53. The van der Waals surface area contributed by atoms with Crippen molar-refractivity contribution in [3.05, 3.63) is 53.5 Å². The van der Waals surface area contributed by atoms with Gasteiger partial charge in [-0.3, -0.25) is 0 Å². The van der Waals surface area contributed by atoms with E-state index in [0.29, 0.717) is 36.7 Å². The average Bonchev–Trinajstić information content (AvgIpc) is 3.30. The zero-order valence-corrected chi connectivity index (χ0v) is 23.9. The van der Waals surface area contributed by atoms with Crippen molar-refractivity contribution in [2.45, 2.75) is 56.4 Å². The summed E-state index contributed by atoms with van der Waals surface area (Å²) >= 11 is 0. The first-order valence-electron chi connectivity index (χ1n) is 13.7. The number of ether oxygens (including phenoxy) is 1. The molecule has 2 heterocycles. The summed E-state index contributed by atoms with van der Waals surface area (Å²) in [4.78, 5) is 11.8. The number of methoxy groups -OCH3 is 1. The van der Waals surface area contributed by atoms with Crippen LogP contribution in [0.4, 0.5) is 11.5 Å². The van der Waals surface area contributed by atoms with E-state index >= 15 is 0 Å². The van der Waals surface area contributed by atoms with Crippen molar-refractivity contribution < 1.29 is 13.2 Å². The maximum absolute atomic E-state index is 13.3. The van der Waals surface area contributed by atoms with Crippen LogP contribution < -0.4 is 15.4 Å². The summed E-state index contributed by atoms with van der Waals surface area (Å²) in [7, 11) is 1.94. The van der Waals surface area contributed by atoms with Gasteiger partial charge in [-0.15, -0.1) is 0 Å². The molecule has 4 aromatic rings. The Morgan fingerprint density at radius 3 is 2.62 bits per heavy atom. The first-order valence-corrected chi connectivity index (χ1v) is 15.1. The van der Waals surface area contributed by atoms with Crippen molar-refractivity contribution in [2.24, 2.45) is 0 Å². The fourth-order valence-corrected chi connectivity index (χ4v) is 6.94. The van der Waals surface area contributed by atoms with Gasteiger partial charge in [0.1, 0.15) is 11.3 Å². The Hall–Kier alpha value is -3.21. The number of hydrogen-bond donors (Lipinski definition) is 2. The van der Waals surface area contributed by atoms with Crippen LogP contribution in [0.1, 0.15) is 42.8 Å². The highest BCUT2D eigenvalue weighted by molar-refractivity contribution is 7.89. The predicted molar refractivity (Wildman–Crippen MR) is 157 cm³/mol. The van der Waals surface area contributed by atoms with Gasteiger partial charge >= 0.3 is 0 Å². The van der Waals surface area contributed by atoms with Crippen LogP contribution in [-0.2, 0) is 40.6 Å². The molecule has 0 unspecified atom stereocenters. The van der Waals surface area contributed by atoms with Gasteiger partial charge < -0.3 is 19.9 Å². The Bertz CT molecular complexity index is 1600. The van der Waals surface area contributed by atoms with Gasteiger partial charge in [0.15, 0.2) is 5.82 Å². The van der Waals surface area contributed by atoms with Crippen LogP contribution >= 0.6 is 0 Å². The van der Waals surface area contributed by atoms with Crippen LogP contribution in [0.2, 0.25) is 0 Å². The van der Waals surface area contributed by atoms with Crippen LogP contribution in [0.15, 0.2) is 41.3 Å². The van der Waals surface area contributed by atoms with Gasteiger partial charge in [0.25, 0.3) is 0 Å². The van der Waals surface area contributed by atoms with E-state index in [1.807, 2.05) is 43.3 Å². The van der Waals surface area contributed by atoms with E-state index in [9.17, 15) is 8.42 Å². The number of imidazole rings is 1. The van der Waals surface area contributed by atoms with E-state index in [1.54, 1.807) is 19.2 Å². The number of unbranched alkanes of at least 4 members (excludes halogenated alkanes) is 1. The first kappa shape index (κ1) is 27.4. The molecular formula is C29H38N6O3S. The highest BCUT2D eigenvalue weighted by atomic mass is 32.2. The molecule has 0 saturated carbocycles. The molecule has 2 aromatic heterocycles. The zero-order valence-electron chi connectivity index (χ0n) is 23.0. The number of benzene rings is 2. The molecule has 10 heteroatoms. The molecule has 1 aliphatic carbocycles. The summed E-state index contributed by atoms with van der Waals surface area (Å²) in [5.74, 6) is 1.43. The molecule has 0 atom stereocenters. The molecule has 3 N–H and O–H groups in total. The molecule has 0 amide bonds. The Morgan fingerprint density at radius 1 is 1.05 bits per heavy atom. The SMILES string of the molecule is COCCc1nc2c(N)nc3c(c2n1CCCCNS(=O)(=O)c1cccc2c(N(C)C)cccc12)CCCC3. The monoisotopic (exact) mass is 550 g/mol. The Labute approximate surface area is 230 Å². The number of nitrogen functional groups attached to an aromatic ring is 1. The van der Waals surface area contributed by atoms with Crippen molar-refractivity contribution >= 4 is 43.3 Å². The van der Waals surface area contributed by atoms with Gasteiger partial charge in [-0.1, -0.05) is 24.3 Å². The lowest BCUT2D eigenvalue weighted by atomic mass is 9.95. The molecule has 0 bridgehead atoms. The predicted octanol–water partition coefficient (Wildman–Crippen LogP) is 4.06. The number of hydrogen-bond acceptors (Lipinski definition) is 7. The fourth-order valence-electron chi connectivity index (χ4n) is 5.64. The van der Waals surface area contributed by atoms with Crippen LogP contribution in [0, 0.1) is 0 Å². The first-order chi connectivity index (χ1) is 18.8. The summed E-state index contributed by atoms with van der Waals surface area (Å²) in [5.41, 5.74) is 11.5. The van der Waals surface area contributed by atoms with Crippen LogP contribution in [-0.4, -0.2) is 57.3 Å². The average molecular weight is 551 g/mol. The van der Waals surface area contributed by atoms with E-state index in [-0.39, 0.29) is 0 Å². The third kappa shape index (κ3) is 5.46. The second-order valence-corrected chi connectivity index (χ2v) is 12.1. The molecule has 9 nitrogen and oxygen atoms in total. The number of aromatic nitrogens is 3. The fraction of sp³-hybridized carbons (Fsp3) is 0.448. The Balaban J connectivity index is 1.32. The van der Waals surface area contributed by atoms with Gasteiger partial charge in [0.2, 0.25) is 10.0 Å². The molecule has 5 rings (SSSR count). The number of rotatable bonds is 11. The van der Waals surface area contributed by atoms with Crippen LogP contribution in [0.5, 0.6) is 0 Å². The normalized spacial score (nSPS) is 13.7. The highest BCUT2D eigenvalue weighted by Gasteiger charge is 2.23. The number of anilines is 2. The molecule has 39 heavy (non-hydrogen) atoms. The van der Waals surface area contributed by atoms with E-state index in [4.69, 9.17) is 15.5 Å². The van der Waals surface area contributed by atoms with Gasteiger partial charge in [-0.05, 0) is 56.2 Å². The number of nitrogens with zero attached hydrogens (tertiary/aromatic N) is 4. The largest absolute Gasteiger partial charge is 0.384 e. The molecule has 0 saturated heterocycles. The van der Waals surface area contributed by atoms with E-state index < -0.39 is 10.0 Å². The lowest BCUT2D eigenvalue weighted by Gasteiger charge is -2.18. The number of sulfonamides is 1. The molecule has 208 valence electrons. The lowest BCUT2D eigenvalue weighted by Crippen LogP contribution is -2.25. The van der Waals surface area contributed by atoms with Gasteiger partial charge in [-0.2, -0.15) is 0 Å². The van der Waals surface area contributed by atoms with Crippen molar-refractivity contribution in [1.29, 1.82) is 0 Å². The van der Waals surface area contributed by atoms with Gasteiger partial charge in [-0.25, -0.2) is 23.1 Å². The quantitative estimate of drug-likeness (QED) is 0.271. The Kier molecular flexibility index (Phi) is 8.06. The van der Waals surface area contributed by atoms with E-state index in [1.165, 1.54) is 5.56 Å². The Morgan fingerprint density at radius 2 is 1.82 bits per heavy atom. The summed E-state index contributed by atoms with van der Waals surface area (Å²) < 4.78 is 37.0. The van der Waals surface area contributed by atoms with Crippen LogP contribution in [0.25, 0.3) is 21.8 Å². The maximum atomic E-state index is 13.3. The summed E-state index contributed by atoms with van der Waals surface area (Å²) in [5, 5.41) is 1.64. The summed E-state index contributed by atoms with van der Waals surface area (Å²) in [6, 6.07) is 11.2. The highest BCUT2D eigenvalue weighted by Crippen LogP contribution is 2.32. The number of aryl methyl sites for hydroxylation is 3. The van der Waals surface area contributed by atoms with Crippen molar-refractivity contribution in [1.82, 2.24) is 19.3 Å². The molecule has 0 spiro atoms. The number of nitrogens with one attached hydrogen (secondary N) is 1. The second-order valence-electron chi connectivity index (χ2n) is 10.4. The molecular weight excluding hydrogens is 512 g/mol. The topological polar surface area (TPSA) is 115 Å². The van der Waals surface area contributed by atoms with Crippen molar-refractivity contribution in [2.75, 3.05) is 45.0 Å². The maximum Gasteiger partial charge on any atom is 0.241 e. The van der Waals surface area contributed by atoms with E-state index in [2.05, 4.69) is 14.3 Å². The van der Waals surface area contributed by atoms with E-state index in [0.717, 1.165) is 77.7 Å². The van der Waals surface area contributed by atoms with Crippen molar-refractivity contribution in [3.8, 4) is 0 Å². The molecule has 0 radical (unpaired) electrons. The minimum absolute atomic E-state index is 0.306. The number of pyridine rings is 1. The minimum Gasteiger partial charge on any atom is -0.384 e. The smallest absolute Gasteiger partial charge is 0.241 e. The lowest BCUT2D eigenvalue weighted by molar-refractivity contribution is 0.199. The number of nitrogens with two attached hydrogens (primary N) is 1. The second kappa shape index (κ2) is 11.5. The third-order valence-corrected chi connectivity index (χ3v) is 9.05. The molecule has 0 aliphatic heterocycles. The molecule has 1 aliphatic rings. The minimum atomic E-state index is -3.67. The molecule has 0 fully saturated rings. The van der Waals surface area contributed by atoms with Crippen LogP contribution in [0.3, 0.4) is 0 Å². The summed E-state index contributed by atoms with van der Waals surface area (Å²) in [6.45, 7) is 1.65. The standard InChI is InChI=1S/C29H38N6O3S/c1-34(2)24-14-8-12-21-20(24)11-9-15-25(21)39(36,37)31-17-6-7-18-35-26(16-19-38-3)33-27-28(35)22-10-4-5-13-23(22)32-29(27)30/h8-9,11-12,14-15,31H,4-7,10,13,16-19H2,1-3H3,(H2,30,32). The van der Waals surface area contributed by atoms with Gasteiger partial charge in [0, 0.05) is 62.9 Å². The number of fused-ring (bicyclic) bond motifs is 4. The summed E-state index contributed by atoms with van der Waals surface area (Å²) in [6.07, 6.45) is 6.36. The van der Waals surface area contributed by atoms with Crippen molar-refractivity contribution in [3.63, 3.8) is 0 Å².